The molecule has 0 radical (unpaired) electrons. The number of aromatic nitrogens is 3. The van der Waals surface area contributed by atoms with Crippen LogP contribution >= 0.6 is 11.6 Å². The molecular formula is C28H33ClFN5O4. The number of β-amino-alcohol motifs (C(OH)–C–C–N with tert-alkyl or cyclic N) is 1. The fraction of sp³-hybridized carbons (Fsp3) is 0.429. The predicted octanol–water partition coefficient (Wildman–Crippen LogP) is 3.63. The standard InChI is InChI=1S/C28H33ClFN5O4/c1-3-39-27(37)20(10-11-35-16-28(2,38)17-35)13-22(32-26(36)25-15-31-34-33-25)12-18-4-6-19(7-5-18)23-14-21(29)8-9-24(23)30/h4-9,14-15,20,22,38H,3,10-13,16-17H2,1-2H3,(H,32,36)(H,31,33,34)/t20-,22-/m1/s1. The Labute approximate surface area is 231 Å². The van der Waals surface area contributed by atoms with E-state index in [1.807, 2.05) is 12.1 Å². The summed E-state index contributed by atoms with van der Waals surface area (Å²) < 4.78 is 19.7. The highest BCUT2D eigenvalue weighted by Gasteiger charge is 2.37. The van der Waals surface area contributed by atoms with Crippen molar-refractivity contribution in [3.63, 3.8) is 0 Å². The molecule has 1 fully saturated rings. The van der Waals surface area contributed by atoms with Gasteiger partial charge in [0.05, 0.1) is 24.3 Å². The second-order valence-corrected chi connectivity index (χ2v) is 10.7. The Hall–Kier alpha value is -3.34. The maximum atomic E-state index is 14.3. The molecule has 1 aliphatic rings. The molecule has 1 aliphatic heterocycles. The average molecular weight is 558 g/mol. The Kier molecular flexibility index (Phi) is 9.32. The number of esters is 1. The monoisotopic (exact) mass is 557 g/mol. The molecule has 0 spiro atoms. The minimum atomic E-state index is -0.701. The van der Waals surface area contributed by atoms with E-state index >= 15 is 0 Å². The molecule has 1 amide bonds. The number of aliphatic hydroxyl groups is 1. The van der Waals surface area contributed by atoms with Crippen LogP contribution in [0.5, 0.6) is 0 Å². The van der Waals surface area contributed by atoms with Gasteiger partial charge in [0.15, 0.2) is 5.69 Å². The normalized spacial score (nSPS) is 16.2. The fourth-order valence-electron chi connectivity index (χ4n) is 4.94. The molecular weight excluding hydrogens is 525 g/mol. The largest absolute Gasteiger partial charge is 0.466 e. The number of likely N-dealkylation sites (tertiary alicyclic amines) is 1. The number of hydrogen-bond acceptors (Lipinski definition) is 7. The molecule has 208 valence electrons. The van der Waals surface area contributed by atoms with Crippen molar-refractivity contribution in [1.82, 2.24) is 25.6 Å². The lowest BCUT2D eigenvalue weighted by molar-refractivity contribution is -0.149. The first-order valence-corrected chi connectivity index (χ1v) is 13.3. The van der Waals surface area contributed by atoms with Crippen molar-refractivity contribution in [2.24, 2.45) is 5.92 Å². The third-order valence-corrected chi connectivity index (χ3v) is 7.00. The quantitative estimate of drug-likeness (QED) is 0.291. The van der Waals surface area contributed by atoms with Crippen molar-refractivity contribution in [1.29, 1.82) is 0 Å². The van der Waals surface area contributed by atoms with Gasteiger partial charge in [0.1, 0.15) is 5.82 Å². The van der Waals surface area contributed by atoms with E-state index in [1.165, 1.54) is 18.3 Å². The molecule has 39 heavy (non-hydrogen) atoms. The van der Waals surface area contributed by atoms with Crippen molar-refractivity contribution >= 4 is 23.5 Å². The van der Waals surface area contributed by atoms with E-state index in [-0.39, 0.29) is 24.1 Å². The van der Waals surface area contributed by atoms with Gasteiger partial charge in [-0.05, 0) is 69.0 Å². The number of carbonyl (C=O) groups is 2. The smallest absolute Gasteiger partial charge is 0.309 e. The number of benzene rings is 2. The average Bonchev–Trinajstić information content (AvgIpc) is 3.42. The Balaban J connectivity index is 1.50. The predicted molar refractivity (Wildman–Crippen MR) is 145 cm³/mol. The summed E-state index contributed by atoms with van der Waals surface area (Å²) in [5.74, 6) is -1.56. The third kappa shape index (κ3) is 7.84. The Morgan fingerprint density at radius 2 is 2.00 bits per heavy atom. The van der Waals surface area contributed by atoms with Gasteiger partial charge in [0, 0.05) is 29.7 Å². The molecule has 0 bridgehead atoms. The molecule has 0 unspecified atom stereocenters. The number of halogens is 2. The highest BCUT2D eigenvalue weighted by molar-refractivity contribution is 6.30. The van der Waals surface area contributed by atoms with Crippen molar-refractivity contribution in [3.05, 3.63) is 70.8 Å². The zero-order valence-electron chi connectivity index (χ0n) is 22.0. The molecule has 0 saturated carbocycles. The van der Waals surface area contributed by atoms with E-state index in [4.69, 9.17) is 16.3 Å². The van der Waals surface area contributed by atoms with Crippen LogP contribution in [0, 0.1) is 11.7 Å². The summed E-state index contributed by atoms with van der Waals surface area (Å²) in [6.45, 7) is 5.53. The number of H-pyrrole nitrogens is 1. The van der Waals surface area contributed by atoms with E-state index in [0.717, 1.165) is 5.56 Å². The maximum absolute atomic E-state index is 14.3. The molecule has 3 N–H and O–H groups in total. The summed E-state index contributed by atoms with van der Waals surface area (Å²) in [6.07, 6.45) is 2.63. The molecule has 1 aromatic heterocycles. The molecule has 4 rings (SSSR count). The minimum absolute atomic E-state index is 0.141. The van der Waals surface area contributed by atoms with Gasteiger partial charge in [-0.1, -0.05) is 35.9 Å². The molecule has 0 aliphatic carbocycles. The van der Waals surface area contributed by atoms with Crippen molar-refractivity contribution < 1.29 is 23.8 Å². The number of aromatic amines is 1. The SMILES string of the molecule is CCOC(=O)[C@H](CCN1CC(C)(O)C1)C[C@@H](Cc1ccc(-c2cc(Cl)ccc2F)cc1)NC(=O)c1cn[nH]n1. The van der Waals surface area contributed by atoms with Gasteiger partial charge in [-0.3, -0.25) is 14.5 Å². The summed E-state index contributed by atoms with van der Waals surface area (Å²) in [5.41, 5.74) is 1.41. The van der Waals surface area contributed by atoms with Gasteiger partial charge in [0.2, 0.25) is 0 Å². The number of ether oxygens (including phenoxy) is 1. The highest BCUT2D eigenvalue weighted by Crippen LogP contribution is 2.27. The van der Waals surface area contributed by atoms with Crippen LogP contribution < -0.4 is 5.32 Å². The minimum Gasteiger partial charge on any atom is -0.466 e. The summed E-state index contributed by atoms with van der Waals surface area (Å²) in [4.78, 5) is 27.8. The zero-order chi connectivity index (χ0) is 28.0. The molecule has 1 saturated heterocycles. The molecule has 11 heteroatoms. The van der Waals surface area contributed by atoms with Crippen molar-refractivity contribution in [2.45, 2.75) is 44.8 Å². The van der Waals surface area contributed by atoms with E-state index in [2.05, 4.69) is 25.6 Å². The lowest BCUT2D eigenvalue weighted by Crippen LogP contribution is -2.60. The van der Waals surface area contributed by atoms with Crippen LogP contribution in [-0.4, -0.2) is 75.2 Å². The first kappa shape index (κ1) is 28.7. The van der Waals surface area contributed by atoms with Gasteiger partial charge in [0.25, 0.3) is 5.91 Å². The highest BCUT2D eigenvalue weighted by atomic mass is 35.5. The summed E-state index contributed by atoms with van der Waals surface area (Å²) in [5, 5.41) is 23.5. The summed E-state index contributed by atoms with van der Waals surface area (Å²) in [6, 6.07) is 11.3. The fourth-order valence-corrected chi connectivity index (χ4v) is 5.11. The zero-order valence-corrected chi connectivity index (χ0v) is 22.7. The lowest BCUT2D eigenvalue weighted by atomic mass is 9.90. The van der Waals surface area contributed by atoms with E-state index < -0.39 is 23.5 Å². The first-order chi connectivity index (χ1) is 18.6. The van der Waals surface area contributed by atoms with Crippen LogP contribution in [0.3, 0.4) is 0 Å². The van der Waals surface area contributed by atoms with Crippen LogP contribution in [0.25, 0.3) is 11.1 Å². The Bertz CT molecular complexity index is 1260. The molecule has 2 heterocycles. The molecule has 9 nitrogen and oxygen atoms in total. The van der Waals surface area contributed by atoms with Crippen LogP contribution in [-0.2, 0) is 16.0 Å². The summed E-state index contributed by atoms with van der Waals surface area (Å²) >= 11 is 6.05. The van der Waals surface area contributed by atoms with Crippen LogP contribution in [0.15, 0.2) is 48.7 Å². The van der Waals surface area contributed by atoms with E-state index in [0.29, 0.717) is 55.0 Å². The number of nitrogens with zero attached hydrogens (tertiary/aromatic N) is 3. The lowest BCUT2D eigenvalue weighted by Gasteiger charge is -2.44. The van der Waals surface area contributed by atoms with Crippen molar-refractivity contribution in [2.75, 3.05) is 26.2 Å². The van der Waals surface area contributed by atoms with Crippen LogP contribution in [0.2, 0.25) is 5.02 Å². The topological polar surface area (TPSA) is 120 Å². The second kappa shape index (κ2) is 12.7. The van der Waals surface area contributed by atoms with Gasteiger partial charge in [-0.15, -0.1) is 0 Å². The second-order valence-electron chi connectivity index (χ2n) is 10.2. The summed E-state index contributed by atoms with van der Waals surface area (Å²) in [7, 11) is 0. The number of carbonyl (C=O) groups excluding carboxylic acids is 2. The number of nitrogens with one attached hydrogen (secondary N) is 2. The van der Waals surface area contributed by atoms with Gasteiger partial charge < -0.3 is 15.2 Å². The molecule has 2 aromatic carbocycles. The molecule has 3 aromatic rings. The van der Waals surface area contributed by atoms with E-state index in [9.17, 15) is 19.1 Å². The van der Waals surface area contributed by atoms with Crippen LogP contribution in [0.1, 0.15) is 42.7 Å². The number of hydrogen-bond donors (Lipinski definition) is 3. The number of amides is 1. The van der Waals surface area contributed by atoms with E-state index in [1.54, 1.807) is 32.0 Å². The Morgan fingerprint density at radius 1 is 1.26 bits per heavy atom. The van der Waals surface area contributed by atoms with Crippen molar-refractivity contribution in [3.8, 4) is 11.1 Å². The van der Waals surface area contributed by atoms with Gasteiger partial charge in [-0.2, -0.15) is 15.4 Å². The Morgan fingerprint density at radius 3 is 2.64 bits per heavy atom. The van der Waals surface area contributed by atoms with Crippen LogP contribution in [0.4, 0.5) is 4.39 Å². The van der Waals surface area contributed by atoms with Gasteiger partial charge >= 0.3 is 5.97 Å². The maximum Gasteiger partial charge on any atom is 0.309 e. The third-order valence-electron chi connectivity index (χ3n) is 6.77. The first-order valence-electron chi connectivity index (χ1n) is 13.0. The molecule has 2 atom stereocenters. The number of rotatable bonds is 12. The van der Waals surface area contributed by atoms with Gasteiger partial charge in [-0.25, -0.2) is 4.39 Å².